The Morgan fingerprint density at radius 2 is 2.00 bits per heavy atom. The minimum atomic E-state index is -0.251. The van der Waals surface area contributed by atoms with E-state index in [9.17, 15) is 4.79 Å². The molecule has 1 fully saturated rings. The Morgan fingerprint density at radius 1 is 1.47 bits per heavy atom. The van der Waals surface area contributed by atoms with Gasteiger partial charge in [-0.3, -0.25) is 4.79 Å². The Bertz CT molecular complexity index is 270. The molecular weight excluding hydrogens is 188 g/mol. The normalized spacial score (nSPS) is 18.7. The van der Waals surface area contributed by atoms with E-state index in [0.717, 1.165) is 32.4 Å². The van der Waals surface area contributed by atoms with E-state index in [1.165, 1.54) is 0 Å². The maximum absolute atomic E-state index is 12.1. The van der Waals surface area contributed by atoms with Crippen molar-refractivity contribution in [1.29, 1.82) is 5.26 Å². The third kappa shape index (κ3) is 2.71. The lowest BCUT2D eigenvalue weighted by atomic mass is 9.87. The van der Waals surface area contributed by atoms with Gasteiger partial charge in [-0.15, -0.1) is 0 Å². The van der Waals surface area contributed by atoms with E-state index in [1.807, 2.05) is 25.7 Å². The van der Waals surface area contributed by atoms with Gasteiger partial charge in [0.25, 0.3) is 0 Å². The Morgan fingerprint density at radius 3 is 2.40 bits per heavy atom. The summed E-state index contributed by atoms with van der Waals surface area (Å²) in [5.74, 6) is 0.389. The summed E-state index contributed by atoms with van der Waals surface area (Å²) in [5.41, 5.74) is -0.251. The fourth-order valence-electron chi connectivity index (χ4n) is 1.79. The summed E-state index contributed by atoms with van der Waals surface area (Å²) in [6, 6.07) is 2.28. The van der Waals surface area contributed by atoms with Crippen molar-refractivity contribution in [3.05, 3.63) is 0 Å². The molecule has 84 valence electrons. The van der Waals surface area contributed by atoms with Crippen LogP contribution in [0.15, 0.2) is 0 Å². The van der Waals surface area contributed by atoms with Crippen molar-refractivity contribution in [2.45, 2.75) is 40.0 Å². The van der Waals surface area contributed by atoms with Crippen LogP contribution in [0.1, 0.15) is 40.0 Å². The van der Waals surface area contributed by atoms with Crippen LogP contribution in [0.4, 0.5) is 0 Å². The van der Waals surface area contributed by atoms with Gasteiger partial charge in [-0.1, -0.05) is 20.8 Å². The number of likely N-dealkylation sites (tertiary alicyclic amines) is 1. The first kappa shape index (κ1) is 12.0. The van der Waals surface area contributed by atoms with Gasteiger partial charge in [0.2, 0.25) is 5.91 Å². The summed E-state index contributed by atoms with van der Waals surface area (Å²) in [6.45, 7) is 7.53. The lowest BCUT2D eigenvalue weighted by Crippen LogP contribution is -2.44. The van der Waals surface area contributed by atoms with Crippen molar-refractivity contribution in [3.8, 4) is 6.07 Å². The maximum Gasteiger partial charge on any atom is 0.228 e. The second-order valence-corrected chi connectivity index (χ2v) is 4.93. The quantitative estimate of drug-likeness (QED) is 0.698. The number of hydrogen-bond acceptors (Lipinski definition) is 2. The van der Waals surface area contributed by atoms with Crippen LogP contribution < -0.4 is 0 Å². The molecule has 1 saturated heterocycles. The standard InChI is InChI=1S/C12H20N2O/c1-4-12(2,3)11(15)14-7-5-10(9-13)6-8-14/h10H,4-8H2,1-3H3. The highest BCUT2D eigenvalue weighted by Gasteiger charge is 2.32. The summed E-state index contributed by atoms with van der Waals surface area (Å²) in [7, 11) is 0. The Hall–Kier alpha value is -1.04. The van der Waals surface area contributed by atoms with Crippen LogP contribution >= 0.6 is 0 Å². The van der Waals surface area contributed by atoms with Gasteiger partial charge in [0, 0.05) is 24.4 Å². The highest BCUT2D eigenvalue weighted by atomic mass is 16.2. The van der Waals surface area contributed by atoms with Crippen molar-refractivity contribution in [2.24, 2.45) is 11.3 Å². The number of nitriles is 1. The Balaban J connectivity index is 2.54. The molecule has 3 nitrogen and oxygen atoms in total. The molecular formula is C12H20N2O. The van der Waals surface area contributed by atoms with E-state index in [4.69, 9.17) is 5.26 Å². The summed E-state index contributed by atoms with van der Waals surface area (Å²) in [4.78, 5) is 14.0. The topological polar surface area (TPSA) is 44.1 Å². The highest BCUT2D eigenvalue weighted by Crippen LogP contribution is 2.26. The van der Waals surface area contributed by atoms with E-state index in [0.29, 0.717) is 0 Å². The Labute approximate surface area is 92.1 Å². The lowest BCUT2D eigenvalue weighted by Gasteiger charge is -2.35. The monoisotopic (exact) mass is 208 g/mol. The molecule has 15 heavy (non-hydrogen) atoms. The molecule has 0 aromatic rings. The molecule has 1 aliphatic heterocycles. The smallest absolute Gasteiger partial charge is 0.228 e. The molecule has 0 aromatic heterocycles. The number of piperidine rings is 1. The SMILES string of the molecule is CCC(C)(C)C(=O)N1CCC(C#N)CC1. The van der Waals surface area contributed by atoms with Crippen LogP contribution in [-0.4, -0.2) is 23.9 Å². The molecule has 0 bridgehead atoms. The zero-order valence-electron chi connectivity index (χ0n) is 9.92. The van der Waals surface area contributed by atoms with Gasteiger partial charge in [0.15, 0.2) is 0 Å². The summed E-state index contributed by atoms with van der Waals surface area (Å²) in [5, 5.41) is 8.77. The molecule has 0 atom stereocenters. The van der Waals surface area contributed by atoms with Crippen molar-refractivity contribution >= 4 is 5.91 Å². The first-order valence-electron chi connectivity index (χ1n) is 5.70. The number of carbonyl (C=O) groups excluding carboxylic acids is 1. The number of amides is 1. The number of hydrogen-bond donors (Lipinski definition) is 0. The van der Waals surface area contributed by atoms with Gasteiger partial charge in [-0.2, -0.15) is 5.26 Å². The minimum Gasteiger partial charge on any atom is -0.342 e. The number of rotatable bonds is 2. The third-order valence-electron chi connectivity index (χ3n) is 3.43. The van der Waals surface area contributed by atoms with Crippen LogP contribution in [-0.2, 0) is 4.79 Å². The number of nitrogens with zero attached hydrogens (tertiary/aromatic N) is 2. The van der Waals surface area contributed by atoms with E-state index < -0.39 is 0 Å². The molecule has 1 heterocycles. The highest BCUT2D eigenvalue weighted by molar-refractivity contribution is 5.81. The lowest BCUT2D eigenvalue weighted by molar-refractivity contribution is -0.141. The first-order valence-corrected chi connectivity index (χ1v) is 5.70. The second kappa shape index (κ2) is 4.65. The fourth-order valence-corrected chi connectivity index (χ4v) is 1.79. The van der Waals surface area contributed by atoms with Gasteiger partial charge in [0.05, 0.1) is 6.07 Å². The van der Waals surface area contributed by atoms with Crippen LogP contribution in [0.5, 0.6) is 0 Å². The van der Waals surface area contributed by atoms with Gasteiger partial charge in [-0.25, -0.2) is 0 Å². The van der Waals surface area contributed by atoms with E-state index in [-0.39, 0.29) is 17.2 Å². The van der Waals surface area contributed by atoms with Crippen LogP contribution in [0.2, 0.25) is 0 Å². The molecule has 0 saturated carbocycles. The largest absolute Gasteiger partial charge is 0.342 e. The van der Waals surface area contributed by atoms with Crippen LogP contribution in [0.25, 0.3) is 0 Å². The van der Waals surface area contributed by atoms with Crippen molar-refractivity contribution in [3.63, 3.8) is 0 Å². The summed E-state index contributed by atoms with van der Waals surface area (Å²) >= 11 is 0. The molecule has 1 amide bonds. The van der Waals surface area contributed by atoms with Gasteiger partial charge in [0.1, 0.15) is 0 Å². The molecule has 0 spiro atoms. The van der Waals surface area contributed by atoms with Gasteiger partial charge < -0.3 is 4.90 Å². The average molecular weight is 208 g/mol. The van der Waals surface area contributed by atoms with Crippen LogP contribution in [0.3, 0.4) is 0 Å². The van der Waals surface area contributed by atoms with Crippen LogP contribution in [0, 0.1) is 22.7 Å². The maximum atomic E-state index is 12.1. The Kier molecular flexibility index (Phi) is 3.73. The van der Waals surface area contributed by atoms with Crippen molar-refractivity contribution < 1.29 is 4.79 Å². The molecule has 0 radical (unpaired) electrons. The average Bonchev–Trinajstić information content (AvgIpc) is 2.28. The fraction of sp³-hybridized carbons (Fsp3) is 0.833. The van der Waals surface area contributed by atoms with Gasteiger partial charge >= 0.3 is 0 Å². The number of carbonyl (C=O) groups is 1. The predicted octanol–water partition coefficient (Wildman–Crippen LogP) is 2.18. The summed E-state index contributed by atoms with van der Waals surface area (Å²) < 4.78 is 0. The zero-order chi connectivity index (χ0) is 11.5. The molecule has 0 N–H and O–H groups in total. The predicted molar refractivity (Wildman–Crippen MR) is 59.0 cm³/mol. The molecule has 3 heteroatoms. The van der Waals surface area contributed by atoms with Gasteiger partial charge in [-0.05, 0) is 19.3 Å². The summed E-state index contributed by atoms with van der Waals surface area (Å²) in [6.07, 6.45) is 2.54. The molecule has 1 aliphatic rings. The third-order valence-corrected chi connectivity index (χ3v) is 3.43. The molecule has 1 rings (SSSR count). The van der Waals surface area contributed by atoms with E-state index in [2.05, 4.69) is 6.07 Å². The molecule has 0 unspecified atom stereocenters. The zero-order valence-corrected chi connectivity index (χ0v) is 9.92. The van der Waals surface area contributed by atoms with Crippen molar-refractivity contribution in [2.75, 3.05) is 13.1 Å². The first-order chi connectivity index (χ1) is 7.01. The second-order valence-electron chi connectivity index (χ2n) is 4.93. The van der Waals surface area contributed by atoms with E-state index >= 15 is 0 Å². The van der Waals surface area contributed by atoms with Crippen molar-refractivity contribution in [1.82, 2.24) is 4.90 Å². The molecule has 0 aliphatic carbocycles. The molecule has 0 aromatic carbocycles. The minimum absolute atomic E-state index is 0.152. The van der Waals surface area contributed by atoms with E-state index in [1.54, 1.807) is 0 Å².